The molecule has 2 heterocycles. The minimum atomic E-state index is 0.752. The summed E-state index contributed by atoms with van der Waals surface area (Å²) >= 11 is 0. The van der Waals surface area contributed by atoms with E-state index in [9.17, 15) is 0 Å². The maximum absolute atomic E-state index is 4.11. The second-order valence-electron chi connectivity index (χ2n) is 1.78. The van der Waals surface area contributed by atoms with E-state index in [4.69, 9.17) is 0 Å². The van der Waals surface area contributed by atoms with Gasteiger partial charge in [-0.25, -0.2) is 10.0 Å². The predicted molar refractivity (Wildman–Crippen MR) is 32.7 cm³/mol. The maximum atomic E-state index is 4.11. The molecule has 2 rings (SSSR count). The number of fused-ring (bicyclic) bond motifs is 1. The van der Waals surface area contributed by atoms with Crippen molar-refractivity contribution in [3.8, 4) is 0 Å². The zero-order chi connectivity index (χ0) is 6.10. The van der Waals surface area contributed by atoms with E-state index in [0.29, 0.717) is 0 Å². The van der Waals surface area contributed by atoms with Gasteiger partial charge in [0.25, 0.3) is 0 Å². The highest BCUT2D eigenvalue weighted by Gasteiger charge is 2.15. The summed E-state index contributed by atoms with van der Waals surface area (Å²) in [6, 6.07) is 0. The number of guanidine groups is 1. The molecule has 0 unspecified atom stereocenters. The Bertz CT molecular complexity index is 172. The molecule has 1 saturated heterocycles. The Morgan fingerprint density at radius 3 is 3.56 bits per heavy atom. The van der Waals surface area contributed by atoms with E-state index in [1.165, 1.54) is 0 Å². The normalized spacial score (nSPS) is 23.1. The summed E-state index contributed by atoms with van der Waals surface area (Å²) in [6.45, 7) is 0.752. The van der Waals surface area contributed by atoms with Gasteiger partial charge in [0, 0.05) is 6.20 Å². The minimum Gasteiger partial charge on any atom is -0.275 e. The zero-order valence-corrected chi connectivity index (χ0v) is 4.76. The molecule has 0 aromatic rings. The Labute approximate surface area is 52.3 Å². The lowest BCUT2D eigenvalue weighted by Gasteiger charge is -2.11. The third-order valence-electron chi connectivity index (χ3n) is 1.18. The van der Waals surface area contributed by atoms with Crippen molar-refractivity contribution in [2.75, 3.05) is 6.54 Å². The molecular formula is C4H7N5. The largest absolute Gasteiger partial charge is 0.275 e. The minimum absolute atomic E-state index is 0.752. The zero-order valence-electron chi connectivity index (χ0n) is 4.76. The van der Waals surface area contributed by atoms with Crippen LogP contribution in [0.2, 0.25) is 0 Å². The highest BCUT2D eigenvalue weighted by molar-refractivity contribution is 5.81. The van der Waals surface area contributed by atoms with Crippen LogP contribution in [0, 0.1) is 0 Å². The van der Waals surface area contributed by atoms with Gasteiger partial charge in [-0.3, -0.25) is 5.43 Å². The van der Waals surface area contributed by atoms with Crippen LogP contribution in [0.3, 0.4) is 0 Å². The Hall–Kier alpha value is -1.07. The fraction of sp³-hybridized carbons (Fsp3) is 0.250. The molecule has 0 bridgehead atoms. The van der Waals surface area contributed by atoms with Gasteiger partial charge in [-0.05, 0) is 6.08 Å². The van der Waals surface area contributed by atoms with Crippen LogP contribution in [0.4, 0.5) is 0 Å². The van der Waals surface area contributed by atoms with Crippen LogP contribution in [0.5, 0.6) is 0 Å². The Balaban J connectivity index is 2.22. The van der Waals surface area contributed by atoms with Crippen molar-refractivity contribution in [2.45, 2.75) is 0 Å². The van der Waals surface area contributed by atoms with Crippen LogP contribution in [-0.2, 0) is 0 Å². The van der Waals surface area contributed by atoms with Crippen molar-refractivity contribution in [1.29, 1.82) is 0 Å². The van der Waals surface area contributed by atoms with E-state index in [1.807, 2.05) is 12.3 Å². The summed E-state index contributed by atoms with van der Waals surface area (Å²) in [5.74, 6) is 0.817. The van der Waals surface area contributed by atoms with E-state index in [2.05, 4.69) is 21.5 Å². The molecule has 0 spiro atoms. The first-order chi connectivity index (χ1) is 4.47. The Morgan fingerprint density at radius 2 is 2.67 bits per heavy atom. The van der Waals surface area contributed by atoms with Gasteiger partial charge in [0.05, 0.1) is 6.54 Å². The average molecular weight is 125 g/mol. The molecule has 3 N–H and O–H groups in total. The molecule has 0 atom stereocenters. The topological polar surface area (TPSA) is 51.7 Å². The molecule has 2 aliphatic heterocycles. The fourth-order valence-electron chi connectivity index (χ4n) is 0.773. The molecule has 0 amide bonds. The lowest BCUT2D eigenvalue weighted by molar-refractivity contribution is 0.384. The summed E-state index contributed by atoms with van der Waals surface area (Å²) in [4.78, 5) is 4.11. The van der Waals surface area contributed by atoms with Crippen LogP contribution in [0.15, 0.2) is 17.3 Å². The number of aliphatic imine (C=N–C) groups is 1. The molecule has 0 aliphatic carbocycles. The van der Waals surface area contributed by atoms with Gasteiger partial charge in [0.15, 0.2) is 0 Å². The molecule has 5 nitrogen and oxygen atoms in total. The first kappa shape index (κ1) is 4.78. The van der Waals surface area contributed by atoms with Gasteiger partial charge in [-0.1, -0.05) is 0 Å². The second-order valence-corrected chi connectivity index (χ2v) is 1.78. The fourth-order valence-corrected chi connectivity index (χ4v) is 0.773. The molecule has 48 valence electrons. The van der Waals surface area contributed by atoms with Crippen LogP contribution < -0.4 is 16.5 Å². The van der Waals surface area contributed by atoms with Crippen molar-refractivity contribution < 1.29 is 0 Å². The SMILES string of the molecule is C1=CN2NNNC2=NC1. The third-order valence-corrected chi connectivity index (χ3v) is 1.18. The monoisotopic (exact) mass is 125 g/mol. The van der Waals surface area contributed by atoms with Gasteiger partial charge < -0.3 is 0 Å². The van der Waals surface area contributed by atoms with Gasteiger partial charge in [0.2, 0.25) is 5.96 Å². The summed E-state index contributed by atoms with van der Waals surface area (Å²) < 4.78 is 0. The first-order valence-corrected chi connectivity index (χ1v) is 2.74. The molecule has 0 radical (unpaired) electrons. The quantitative estimate of drug-likeness (QED) is 0.376. The summed E-state index contributed by atoms with van der Waals surface area (Å²) in [7, 11) is 0. The van der Waals surface area contributed by atoms with Crippen molar-refractivity contribution in [3.05, 3.63) is 12.3 Å². The third kappa shape index (κ3) is 0.664. The van der Waals surface area contributed by atoms with Crippen molar-refractivity contribution in [2.24, 2.45) is 4.99 Å². The molecule has 9 heavy (non-hydrogen) atoms. The molecule has 0 aromatic carbocycles. The molecular weight excluding hydrogens is 118 g/mol. The summed E-state index contributed by atoms with van der Waals surface area (Å²) in [6.07, 6.45) is 3.88. The van der Waals surface area contributed by atoms with E-state index < -0.39 is 0 Å². The van der Waals surface area contributed by atoms with E-state index in [1.54, 1.807) is 5.01 Å². The van der Waals surface area contributed by atoms with Crippen molar-refractivity contribution in [1.82, 2.24) is 21.5 Å². The number of hydrazine groups is 3. The summed E-state index contributed by atoms with van der Waals surface area (Å²) in [5, 5.41) is 1.77. The number of rotatable bonds is 0. The average Bonchev–Trinajstić information content (AvgIpc) is 2.33. The molecule has 0 saturated carbocycles. The van der Waals surface area contributed by atoms with Crippen LogP contribution in [0.25, 0.3) is 0 Å². The van der Waals surface area contributed by atoms with Gasteiger partial charge in [-0.15, -0.1) is 5.53 Å². The number of hydrogen-bond acceptors (Lipinski definition) is 5. The first-order valence-electron chi connectivity index (χ1n) is 2.74. The van der Waals surface area contributed by atoms with Gasteiger partial charge in [-0.2, -0.15) is 5.53 Å². The number of hydrogen-bond donors (Lipinski definition) is 3. The standard InChI is InChI=1S/C4H7N5/c1-2-5-4-6-7-8-9(4)3-1/h1,3,7-8H,2H2,(H,5,6). The molecule has 1 fully saturated rings. The highest BCUT2D eigenvalue weighted by atomic mass is 15.9. The predicted octanol–water partition coefficient (Wildman–Crippen LogP) is -1.30. The van der Waals surface area contributed by atoms with E-state index in [-0.39, 0.29) is 0 Å². The molecule has 5 heteroatoms. The highest BCUT2D eigenvalue weighted by Crippen LogP contribution is 1.95. The maximum Gasteiger partial charge on any atom is 0.230 e. The van der Waals surface area contributed by atoms with Crippen LogP contribution in [-0.4, -0.2) is 17.5 Å². The van der Waals surface area contributed by atoms with Crippen LogP contribution >= 0.6 is 0 Å². The second kappa shape index (κ2) is 1.71. The van der Waals surface area contributed by atoms with Crippen LogP contribution in [0.1, 0.15) is 0 Å². The Kier molecular flexibility index (Phi) is 0.909. The lowest BCUT2D eigenvalue weighted by atomic mass is 10.5. The van der Waals surface area contributed by atoms with Crippen molar-refractivity contribution >= 4 is 5.96 Å². The van der Waals surface area contributed by atoms with E-state index in [0.717, 1.165) is 12.5 Å². The molecule has 0 aromatic heterocycles. The Morgan fingerprint density at radius 1 is 1.67 bits per heavy atom. The molecule has 2 aliphatic rings. The lowest BCUT2D eigenvalue weighted by Crippen LogP contribution is -2.34. The van der Waals surface area contributed by atoms with E-state index >= 15 is 0 Å². The number of nitrogens with one attached hydrogen (secondary N) is 3. The number of nitrogens with zero attached hydrogens (tertiary/aromatic N) is 2. The van der Waals surface area contributed by atoms with Gasteiger partial charge in [0.1, 0.15) is 0 Å². The van der Waals surface area contributed by atoms with Crippen molar-refractivity contribution in [3.63, 3.8) is 0 Å². The van der Waals surface area contributed by atoms with Gasteiger partial charge >= 0.3 is 0 Å². The smallest absolute Gasteiger partial charge is 0.230 e. The summed E-state index contributed by atoms with van der Waals surface area (Å²) in [5.41, 5.74) is 8.34.